The van der Waals surface area contributed by atoms with Gasteiger partial charge in [0, 0.05) is 53.4 Å². The molecule has 5 rings (SSSR count). The van der Waals surface area contributed by atoms with Crippen LogP contribution in [0.5, 0.6) is 0 Å². The normalized spacial score (nSPS) is 19.1. The van der Waals surface area contributed by atoms with Crippen LogP contribution in [0, 0.1) is 23.3 Å². The summed E-state index contributed by atoms with van der Waals surface area (Å²) in [6.07, 6.45) is 5.19. The molecule has 3 aliphatic heterocycles. The van der Waals surface area contributed by atoms with E-state index in [1.807, 2.05) is 0 Å². The highest BCUT2D eigenvalue weighted by molar-refractivity contribution is 6.01. The van der Waals surface area contributed by atoms with Gasteiger partial charge in [-0.2, -0.15) is 0 Å². The summed E-state index contributed by atoms with van der Waals surface area (Å²) in [4.78, 5) is 6.83. The van der Waals surface area contributed by atoms with E-state index in [-0.39, 0.29) is 22.7 Å². The molecule has 174 valence electrons. The van der Waals surface area contributed by atoms with E-state index < -0.39 is 34.0 Å². The van der Waals surface area contributed by atoms with Crippen molar-refractivity contribution in [2.45, 2.75) is 38.5 Å². The third-order valence-electron chi connectivity index (χ3n) is 7.12. The van der Waals surface area contributed by atoms with Gasteiger partial charge in [0.15, 0.2) is 23.3 Å². The number of nitrogens with zero attached hydrogens (tertiary/aromatic N) is 4. The van der Waals surface area contributed by atoms with Crippen LogP contribution in [0.25, 0.3) is 10.8 Å². The van der Waals surface area contributed by atoms with Gasteiger partial charge in [-0.05, 0) is 38.5 Å². The largest absolute Gasteiger partial charge is 0.374 e. The average molecular weight is 451 g/mol. The fourth-order valence-electron chi connectivity index (χ4n) is 5.62. The number of fused-ring (bicyclic) bond motifs is 1. The van der Waals surface area contributed by atoms with Crippen LogP contribution >= 0.6 is 0 Å². The number of anilines is 4. The second kappa shape index (κ2) is 8.19. The molecule has 0 bridgehead atoms. The Balaban J connectivity index is 1.88. The van der Waals surface area contributed by atoms with Gasteiger partial charge in [-0.1, -0.05) is 0 Å². The molecule has 0 amide bonds. The van der Waals surface area contributed by atoms with Crippen molar-refractivity contribution in [2.24, 2.45) is 0 Å². The van der Waals surface area contributed by atoms with Gasteiger partial charge in [-0.25, -0.2) is 17.6 Å². The molecule has 3 aliphatic rings. The molecule has 0 saturated carbocycles. The first-order valence-corrected chi connectivity index (χ1v) is 11.7. The Morgan fingerprint density at radius 3 is 1.19 bits per heavy atom. The topological polar surface area (TPSA) is 13.0 Å². The molecule has 0 atom stereocenters. The number of benzene rings is 2. The number of halogens is 4. The molecule has 2 aromatic carbocycles. The van der Waals surface area contributed by atoms with Crippen LogP contribution in [-0.2, 0) is 0 Å². The van der Waals surface area contributed by atoms with Crippen LogP contribution in [0.1, 0.15) is 38.5 Å². The van der Waals surface area contributed by atoms with Crippen LogP contribution in [0.2, 0.25) is 0 Å². The molecule has 4 nitrogen and oxygen atoms in total. The molecule has 0 radical (unpaired) electrons. The Morgan fingerprint density at radius 1 is 0.500 bits per heavy atom. The zero-order valence-electron chi connectivity index (χ0n) is 18.8. The van der Waals surface area contributed by atoms with Crippen LogP contribution in [0.3, 0.4) is 0 Å². The van der Waals surface area contributed by atoms with Crippen molar-refractivity contribution in [3.63, 3.8) is 0 Å². The summed E-state index contributed by atoms with van der Waals surface area (Å²) < 4.78 is 64.3. The average Bonchev–Trinajstić information content (AvgIpc) is 3.54. The van der Waals surface area contributed by atoms with E-state index in [1.54, 1.807) is 28.8 Å². The van der Waals surface area contributed by atoms with Gasteiger partial charge in [-0.15, -0.1) is 0 Å². The van der Waals surface area contributed by atoms with Crippen LogP contribution < -0.4 is 19.6 Å². The number of hydrogen-bond acceptors (Lipinski definition) is 4. The van der Waals surface area contributed by atoms with Crippen molar-refractivity contribution >= 4 is 33.5 Å². The highest BCUT2D eigenvalue weighted by Crippen LogP contribution is 2.49. The molecular formula is C24H30F4N4. The first-order valence-electron chi connectivity index (χ1n) is 11.7. The summed E-state index contributed by atoms with van der Waals surface area (Å²) in [6.45, 7) is 3.47. The zero-order valence-corrected chi connectivity index (χ0v) is 18.8. The van der Waals surface area contributed by atoms with E-state index in [1.165, 1.54) is 4.90 Å². The summed E-state index contributed by atoms with van der Waals surface area (Å²) >= 11 is 0. The van der Waals surface area contributed by atoms with Crippen molar-refractivity contribution in [3.8, 4) is 0 Å². The molecule has 3 heterocycles. The maximum atomic E-state index is 16.2. The molecule has 0 unspecified atom stereocenters. The summed E-state index contributed by atoms with van der Waals surface area (Å²) in [5.74, 6) is -3.44. The zero-order chi connectivity index (χ0) is 22.6. The van der Waals surface area contributed by atoms with Gasteiger partial charge < -0.3 is 19.6 Å². The molecule has 8 heteroatoms. The predicted octanol–water partition coefficient (Wildman–Crippen LogP) is 5.26. The minimum atomic E-state index is -0.891. The van der Waals surface area contributed by atoms with Gasteiger partial charge >= 0.3 is 0 Å². The fraction of sp³-hybridized carbons (Fsp3) is 0.583. The van der Waals surface area contributed by atoms with Gasteiger partial charge in [0.1, 0.15) is 17.1 Å². The van der Waals surface area contributed by atoms with Gasteiger partial charge in [0.25, 0.3) is 0 Å². The standard InChI is InChI=1S/C24H30F4N4/c1-29(2)21-17(25)15-16(18(26)22(21)30-9-3-4-10-30)20(28)24(32-13-7-8-14-32)23(19(15)27)31-11-5-6-12-31/h3-14H2,1-2H3. The van der Waals surface area contributed by atoms with Gasteiger partial charge in [-0.3, -0.25) is 0 Å². The molecule has 0 N–H and O–H groups in total. The monoisotopic (exact) mass is 450 g/mol. The highest BCUT2D eigenvalue weighted by atomic mass is 19.1. The summed E-state index contributed by atoms with van der Waals surface area (Å²) in [5.41, 5.74) is 0.206. The first kappa shape index (κ1) is 21.5. The third kappa shape index (κ3) is 3.17. The summed E-state index contributed by atoms with van der Waals surface area (Å²) in [5, 5.41) is -1.13. The van der Waals surface area contributed by atoms with E-state index in [0.717, 1.165) is 38.5 Å². The Labute approximate surface area is 186 Å². The summed E-state index contributed by atoms with van der Waals surface area (Å²) in [6, 6.07) is 0. The fourth-order valence-corrected chi connectivity index (χ4v) is 5.62. The van der Waals surface area contributed by atoms with E-state index in [4.69, 9.17) is 0 Å². The number of hydrogen-bond donors (Lipinski definition) is 0. The Hall–Kier alpha value is -2.38. The third-order valence-corrected chi connectivity index (χ3v) is 7.12. The Morgan fingerprint density at radius 2 is 0.812 bits per heavy atom. The smallest absolute Gasteiger partial charge is 0.159 e. The summed E-state index contributed by atoms with van der Waals surface area (Å²) in [7, 11) is 3.22. The lowest BCUT2D eigenvalue weighted by Crippen LogP contribution is -2.28. The van der Waals surface area contributed by atoms with E-state index >= 15 is 17.6 Å². The Kier molecular flexibility index (Phi) is 5.50. The van der Waals surface area contributed by atoms with Gasteiger partial charge in [0.05, 0.1) is 16.5 Å². The maximum Gasteiger partial charge on any atom is 0.159 e. The van der Waals surface area contributed by atoms with E-state index in [0.29, 0.717) is 39.3 Å². The number of rotatable bonds is 4. The van der Waals surface area contributed by atoms with E-state index in [9.17, 15) is 0 Å². The van der Waals surface area contributed by atoms with E-state index in [2.05, 4.69) is 0 Å². The maximum absolute atomic E-state index is 16.2. The van der Waals surface area contributed by atoms with Crippen molar-refractivity contribution < 1.29 is 17.6 Å². The lowest BCUT2D eigenvalue weighted by molar-refractivity contribution is 0.574. The Bertz CT molecular complexity index is 1040. The minimum Gasteiger partial charge on any atom is -0.374 e. The quantitative estimate of drug-likeness (QED) is 0.589. The van der Waals surface area contributed by atoms with Crippen molar-refractivity contribution in [2.75, 3.05) is 73.0 Å². The first-order chi connectivity index (χ1) is 15.4. The molecule has 0 aromatic heterocycles. The molecule has 3 fully saturated rings. The molecule has 32 heavy (non-hydrogen) atoms. The SMILES string of the molecule is CN(C)c1c(N2CCCC2)c(F)c2c(F)c(N3CCCC3)c(N3CCCC3)c(F)c2c1F. The molecule has 3 saturated heterocycles. The molecule has 2 aromatic rings. The molecular weight excluding hydrogens is 420 g/mol. The minimum absolute atomic E-state index is 0.0171. The van der Waals surface area contributed by atoms with Crippen molar-refractivity contribution in [3.05, 3.63) is 23.3 Å². The molecule has 0 aliphatic carbocycles. The predicted molar refractivity (Wildman–Crippen MR) is 122 cm³/mol. The highest BCUT2D eigenvalue weighted by Gasteiger charge is 2.36. The van der Waals surface area contributed by atoms with Crippen LogP contribution in [-0.4, -0.2) is 53.4 Å². The molecule has 0 spiro atoms. The second-order valence-corrected chi connectivity index (χ2v) is 9.38. The lowest BCUT2D eigenvalue weighted by Gasteiger charge is -2.31. The van der Waals surface area contributed by atoms with Crippen molar-refractivity contribution in [1.82, 2.24) is 0 Å². The van der Waals surface area contributed by atoms with Crippen LogP contribution in [0.15, 0.2) is 0 Å². The van der Waals surface area contributed by atoms with Crippen LogP contribution in [0.4, 0.5) is 40.3 Å². The van der Waals surface area contributed by atoms with Crippen molar-refractivity contribution in [1.29, 1.82) is 0 Å². The van der Waals surface area contributed by atoms with Gasteiger partial charge in [0.2, 0.25) is 0 Å². The lowest BCUT2D eigenvalue weighted by atomic mass is 10.00. The second-order valence-electron chi connectivity index (χ2n) is 9.38.